The van der Waals surface area contributed by atoms with E-state index < -0.39 is 15.0 Å². The Morgan fingerprint density at radius 2 is 1.34 bits per heavy atom. The zero-order valence-electron chi connectivity index (χ0n) is 28.5. The maximum atomic E-state index is 12.2. The molecule has 6 rings (SSSR count). The Morgan fingerprint density at radius 3 is 2.05 bits per heavy atom. The van der Waals surface area contributed by atoms with Gasteiger partial charge < -0.3 is 20.1 Å². The van der Waals surface area contributed by atoms with Crippen LogP contribution in [0.1, 0.15) is 5.56 Å². The Hall–Kier alpha value is -5.79. The van der Waals surface area contributed by atoms with Gasteiger partial charge in [0.25, 0.3) is 10.1 Å². The lowest BCUT2D eigenvalue weighted by atomic mass is 10.1. The molecule has 0 saturated carbocycles. The van der Waals surface area contributed by atoms with Crippen LogP contribution in [0.2, 0.25) is 0 Å². The normalized spacial score (nSPS) is 12.2. The van der Waals surface area contributed by atoms with Crippen LogP contribution >= 0.6 is 24.1 Å². The molecule has 0 radical (unpaired) electrons. The summed E-state index contributed by atoms with van der Waals surface area (Å²) in [7, 11) is -3.29. The molecule has 0 aromatic heterocycles. The van der Waals surface area contributed by atoms with E-state index in [1.165, 1.54) is 31.4 Å². The summed E-state index contributed by atoms with van der Waals surface area (Å²) in [6.45, 7) is 1.72. The Kier molecular flexibility index (Phi) is 12.4. The van der Waals surface area contributed by atoms with Gasteiger partial charge >= 0.3 is 0 Å². The number of nitrogens with zero attached hydrogens (tertiary/aromatic N) is 6. The number of aryl methyl sites for hydroxylation is 1. The first-order chi connectivity index (χ1) is 26.9. The van der Waals surface area contributed by atoms with Crippen LogP contribution in [-0.4, -0.2) is 45.9 Å². The molecule has 0 fully saturated rings. The summed E-state index contributed by atoms with van der Waals surface area (Å²) in [5.41, 5.74) is 1.84. The molecule has 0 saturated heterocycles. The Labute approximate surface area is 324 Å². The number of methoxy groups -OCH3 is 1. The number of phenolic OH excluding ortho intramolecular Hbond substituents is 3. The quantitative estimate of drug-likeness (QED) is 0.0196. The highest BCUT2D eigenvalue weighted by Gasteiger charge is 2.19. The van der Waals surface area contributed by atoms with E-state index in [9.17, 15) is 28.3 Å². The summed E-state index contributed by atoms with van der Waals surface area (Å²) in [4.78, 5) is -0.0387. The first kappa shape index (κ1) is 39.9. The second kappa shape index (κ2) is 17.3. The van der Waals surface area contributed by atoms with E-state index in [-0.39, 0.29) is 60.9 Å². The topological polar surface area (TPSA) is 276 Å². The van der Waals surface area contributed by atoms with Gasteiger partial charge in [0.15, 0.2) is 5.75 Å². The van der Waals surface area contributed by atoms with Gasteiger partial charge in [-0.15, -0.1) is 24.0 Å². The van der Waals surface area contributed by atoms with Crippen LogP contribution < -0.4 is 4.74 Å². The molecule has 0 aliphatic heterocycles. The molecule has 0 unspecified atom stereocenters. The smallest absolute Gasteiger partial charge is 0.295 e. The van der Waals surface area contributed by atoms with Crippen LogP contribution in [0.3, 0.4) is 0 Å². The number of benzene rings is 6. The molecule has 288 valence electrons. The van der Waals surface area contributed by atoms with Gasteiger partial charge in [-0.1, -0.05) is 16.1 Å². The first-order valence-electron chi connectivity index (χ1n) is 15.5. The minimum Gasteiger partial charge on any atom is -0.508 e. The molecule has 0 bridgehead atoms. The van der Waals surface area contributed by atoms with Crippen molar-refractivity contribution in [1.82, 2.24) is 0 Å². The summed E-state index contributed by atoms with van der Waals surface area (Å²) in [5.74, 6) is -0.487. The predicted molar refractivity (Wildman–Crippen MR) is 201 cm³/mol. The van der Waals surface area contributed by atoms with Crippen LogP contribution in [0.15, 0.2) is 130 Å². The lowest BCUT2D eigenvalue weighted by Gasteiger charge is -2.10. The number of hydrogen-bond donors (Lipinski definition) is 6. The fourth-order valence-corrected chi connectivity index (χ4v) is 6.96. The van der Waals surface area contributed by atoms with Crippen molar-refractivity contribution >= 4 is 89.9 Å². The van der Waals surface area contributed by atoms with Gasteiger partial charge in [0.05, 0.1) is 53.2 Å². The molecular weight excluding hydrogens is 797 g/mol. The maximum absolute atomic E-state index is 12.2. The third-order valence-electron chi connectivity index (χ3n) is 7.76. The molecule has 0 aliphatic rings. The van der Waals surface area contributed by atoms with E-state index in [4.69, 9.17) is 15.3 Å². The standard InChI is InChI=1S/C34H26N6O13S3/c1-17-9-28(30(49-2)16-27(17)38-36-21-4-3-18-11-23(54-52-50-44)15-32(25(18)13-21)56(46,47)48)39-40-33-31(55-53-51-45)12-19-10-20(5-7-24(19)34(33)43)35-37-26-8-6-22(41)14-29(26)42/h3-16,41-45H,1-2H3,(H,46,47,48). The van der Waals surface area contributed by atoms with Crippen LogP contribution in [0.25, 0.3) is 21.5 Å². The number of ether oxygens (including phenoxy) is 1. The fraction of sp³-hybridized carbons (Fsp3) is 0.0588. The molecule has 56 heavy (non-hydrogen) atoms. The van der Waals surface area contributed by atoms with Crippen molar-refractivity contribution < 1.29 is 62.3 Å². The summed E-state index contributed by atoms with van der Waals surface area (Å²) in [6.07, 6.45) is 0. The molecule has 6 aromatic rings. The molecule has 0 heterocycles. The van der Waals surface area contributed by atoms with Crippen molar-refractivity contribution in [3.8, 4) is 23.0 Å². The predicted octanol–water partition coefficient (Wildman–Crippen LogP) is 10.8. The molecule has 6 N–H and O–H groups in total. The monoisotopic (exact) mass is 822 g/mol. The van der Waals surface area contributed by atoms with Crippen LogP contribution in [-0.2, 0) is 28.9 Å². The lowest BCUT2D eigenvalue weighted by molar-refractivity contribution is -0.432. The summed E-state index contributed by atoms with van der Waals surface area (Å²) in [6, 6.07) is 20.5. The van der Waals surface area contributed by atoms with E-state index >= 15 is 0 Å². The second-order valence-corrected chi connectivity index (χ2v) is 14.2. The van der Waals surface area contributed by atoms with Crippen LogP contribution in [0.5, 0.6) is 23.0 Å². The van der Waals surface area contributed by atoms with Gasteiger partial charge in [0.1, 0.15) is 39.2 Å². The molecule has 19 nitrogen and oxygen atoms in total. The average Bonchev–Trinajstić information content (AvgIpc) is 3.17. The van der Waals surface area contributed by atoms with E-state index in [0.717, 1.165) is 12.1 Å². The van der Waals surface area contributed by atoms with Crippen LogP contribution in [0, 0.1) is 6.92 Å². The largest absolute Gasteiger partial charge is 0.508 e. The highest BCUT2D eigenvalue weighted by atomic mass is 32.2. The minimum absolute atomic E-state index is 0.0491. The third-order valence-corrected chi connectivity index (χ3v) is 9.83. The number of fused-ring (bicyclic) bond motifs is 2. The zero-order valence-corrected chi connectivity index (χ0v) is 31.0. The average molecular weight is 823 g/mol. The molecule has 0 amide bonds. The van der Waals surface area contributed by atoms with Crippen LogP contribution in [0.4, 0.5) is 34.1 Å². The lowest BCUT2D eigenvalue weighted by Crippen LogP contribution is -1.99. The van der Waals surface area contributed by atoms with Gasteiger partial charge in [-0.05, 0) is 90.0 Å². The minimum atomic E-state index is -4.69. The number of aromatic hydroxyl groups is 3. The first-order valence-corrected chi connectivity index (χ1v) is 18.4. The Bertz CT molecular complexity index is 2660. The number of hydrogen-bond acceptors (Lipinski definition) is 20. The maximum Gasteiger partial charge on any atom is 0.295 e. The van der Waals surface area contributed by atoms with Gasteiger partial charge in [0.2, 0.25) is 0 Å². The molecule has 6 aromatic carbocycles. The van der Waals surface area contributed by atoms with Gasteiger partial charge in [0, 0.05) is 27.8 Å². The molecule has 0 spiro atoms. The highest BCUT2D eigenvalue weighted by Crippen LogP contribution is 2.46. The van der Waals surface area contributed by atoms with Crippen molar-refractivity contribution in [2.45, 2.75) is 21.6 Å². The van der Waals surface area contributed by atoms with E-state index in [0.29, 0.717) is 57.2 Å². The molecule has 0 atom stereocenters. The summed E-state index contributed by atoms with van der Waals surface area (Å²) < 4.78 is 48.8. The highest BCUT2D eigenvalue weighted by molar-refractivity contribution is 7.95. The number of azo groups is 3. The number of rotatable bonds is 14. The summed E-state index contributed by atoms with van der Waals surface area (Å²) >= 11 is 1.06. The van der Waals surface area contributed by atoms with Gasteiger partial charge in [-0.2, -0.15) is 23.8 Å². The number of phenols is 3. The molecular formula is C34H26N6O13S3. The Morgan fingerprint density at radius 1 is 0.643 bits per heavy atom. The van der Waals surface area contributed by atoms with Gasteiger partial charge in [-0.3, -0.25) is 4.55 Å². The fourth-order valence-electron chi connectivity index (χ4n) is 5.21. The Balaban J connectivity index is 1.30. The van der Waals surface area contributed by atoms with E-state index in [1.54, 1.807) is 55.5 Å². The summed E-state index contributed by atoms with van der Waals surface area (Å²) in [5, 5.41) is 82.0. The van der Waals surface area contributed by atoms with Crippen molar-refractivity contribution in [1.29, 1.82) is 0 Å². The zero-order chi connectivity index (χ0) is 40.0. The molecule has 22 heteroatoms. The van der Waals surface area contributed by atoms with E-state index in [1.807, 2.05) is 0 Å². The van der Waals surface area contributed by atoms with Crippen molar-refractivity contribution in [2.75, 3.05) is 7.11 Å². The SMILES string of the molecule is COc1cc(N=Nc2ccc3cc(SOOO)cc(S(=O)(=O)O)c3c2)c(C)cc1N=Nc1c(SOOO)cc2cc(N=Nc3ccc(O)cc3O)ccc2c1O. The van der Waals surface area contributed by atoms with Crippen molar-refractivity contribution in [3.63, 3.8) is 0 Å². The van der Waals surface area contributed by atoms with Gasteiger partial charge in [-0.25, -0.2) is 10.5 Å². The van der Waals surface area contributed by atoms with Crippen molar-refractivity contribution in [2.24, 2.45) is 30.7 Å². The molecule has 0 aliphatic carbocycles. The van der Waals surface area contributed by atoms with Crippen molar-refractivity contribution in [3.05, 3.63) is 90.5 Å². The van der Waals surface area contributed by atoms with E-state index in [2.05, 4.69) is 49.4 Å². The second-order valence-electron chi connectivity index (χ2n) is 11.3. The third kappa shape index (κ3) is 9.18.